The molecule has 0 heterocycles. The summed E-state index contributed by atoms with van der Waals surface area (Å²) >= 11 is 0. The molecule has 4 aliphatic rings. The predicted octanol–water partition coefficient (Wildman–Crippen LogP) is 5.04. The first-order valence-electron chi connectivity index (χ1n) is 10.3. The lowest BCUT2D eigenvalue weighted by Gasteiger charge is -2.54. The maximum Gasteiger partial charge on any atom is 0.261 e. The van der Waals surface area contributed by atoms with Gasteiger partial charge in [0.25, 0.3) is 10.0 Å². The van der Waals surface area contributed by atoms with Gasteiger partial charge in [0.2, 0.25) is 0 Å². The number of rotatable bonds is 5. The minimum absolute atomic E-state index is 0.235. The van der Waals surface area contributed by atoms with Crippen LogP contribution >= 0.6 is 0 Å². The van der Waals surface area contributed by atoms with E-state index >= 15 is 0 Å². The lowest BCUT2D eigenvalue weighted by molar-refractivity contribution is -0.00277. The first kappa shape index (κ1) is 18.0. The molecule has 0 unspecified atom stereocenters. The van der Waals surface area contributed by atoms with Gasteiger partial charge < -0.3 is 4.74 Å². The van der Waals surface area contributed by atoms with Gasteiger partial charge in [0.1, 0.15) is 5.75 Å². The fourth-order valence-corrected chi connectivity index (χ4v) is 7.27. The van der Waals surface area contributed by atoms with E-state index in [4.69, 9.17) is 4.74 Å². The van der Waals surface area contributed by atoms with E-state index in [1.807, 2.05) is 12.1 Å². The number of ether oxygens (including phenoxy) is 1. The van der Waals surface area contributed by atoms with E-state index in [9.17, 15) is 8.42 Å². The molecule has 2 aromatic carbocycles. The third-order valence-corrected chi connectivity index (χ3v) is 8.54. The first-order chi connectivity index (χ1) is 13.5. The molecule has 0 spiro atoms. The Morgan fingerprint density at radius 2 is 1.39 bits per heavy atom. The molecule has 4 aliphatic carbocycles. The molecule has 1 N–H and O–H groups in total. The van der Waals surface area contributed by atoms with E-state index in [1.165, 1.54) is 37.7 Å². The number of hydrogen-bond acceptors (Lipinski definition) is 3. The van der Waals surface area contributed by atoms with Crippen molar-refractivity contribution in [1.82, 2.24) is 0 Å². The fourth-order valence-electron chi connectivity index (χ4n) is 6.21. The lowest BCUT2D eigenvalue weighted by Crippen LogP contribution is -2.43. The third kappa shape index (κ3) is 3.20. The summed E-state index contributed by atoms with van der Waals surface area (Å²) in [6.07, 6.45) is 7.03. The standard InChI is InChI=1S/C23H27NO3S/c1-27-21-6-8-22(9-7-21)28(25,26)24-20-4-2-17(3-5-20)23-18-11-15-10-16(13-18)14-19(23)12-15/h2-9,15-16,18-19,23-24H,10-14H2,1H3. The molecular formula is C23H27NO3S. The van der Waals surface area contributed by atoms with Gasteiger partial charge in [0.05, 0.1) is 12.0 Å². The number of sulfonamides is 1. The smallest absolute Gasteiger partial charge is 0.261 e. The SMILES string of the molecule is COc1ccc(S(=O)(=O)Nc2ccc(C3C4CC5CC(C4)CC3C5)cc2)cc1. The topological polar surface area (TPSA) is 55.4 Å². The van der Waals surface area contributed by atoms with E-state index < -0.39 is 10.0 Å². The summed E-state index contributed by atoms with van der Waals surface area (Å²) in [7, 11) is -2.04. The summed E-state index contributed by atoms with van der Waals surface area (Å²) in [5.74, 6) is 4.90. The molecule has 28 heavy (non-hydrogen) atoms. The second-order valence-electron chi connectivity index (χ2n) is 8.86. The van der Waals surface area contributed by atoms with E-state index in [0.717, 1.165) is 23.7 Å². The lowest BCUT2D eigenvalue weighted by atomic mass is 9.51. The Balaban J connectivity index is 1.32. The highest BCUT2D eigenvalue weighted by molar-refractivity contribution is 7.92. The maximum atomic E-state index is 12.6. The highest BCUT2D eigenvalue weighted by Crippen LogP contribution is 2.59. The minimum atomic E-state index is -3.60. The van der Waals surface area contributed by atoms with Crippen molar-refractivity contribution >= 4 is 15.7 Å². The van der Waals surface area contributed by atoms with Crippen LogP contribution in [0, 0.1) is 23.7 Å². The van der Waals surface area contributed by atoms with Gasteiger partial charge in [-0.3, -0.25) is 4.72 Å². The van der Waals surface area contributed by atoms with Crippen LogP contribution in [0.3, 0.4) is 0 Å². The summed E-state index contributed by atoms with van der Waals surface area (Å²) < 4.78 is 33.1. The largest absolute Gasteiger partial charge is 0.497 e. The predicted molar refractivity (Wildman–Crippen MR) is 110 cm³/mol. The second kappa shape index (κ2) is 6.80. The highest BCUT2D eigenvalue weighted by Gasteiger charge is 2.48. The Morgan fingerprint density at radius 3 is 1.93 bits per heavy atom. The van der Waals surface area contributed by atoms with Crippen molar-refractivity contribution in [3.05, 3.63) is 54.1 Å². The fraction of sp³-hybridized carbons (Fsp3) is 0.478. The molecule has 6 rings (SSSR count). The molecule has 0 aromatic heterocycles. The van der Waals surface area contributed by atoms with Crippen molar-refractivity contribution < 1.29 is 13.2 Å². The van der Waals surface area contributed by atoms with Crippen LogP contribution in [0.2, 0.25) is 0 Å². The number of anilines is 1. The van der Waals surface area contributed by atoms with E-state index in [2.05, 4.69) is 16.9 Å². The molecule has 5 heteroatoms. The Labute approximate surface area is 167 Å². The van der Waals surface area contributed by atoms with Gasteiger partial charge in [-0.25, -0.2) is 8.42 Å². The van der Waals surface area contributed by atoms with Gasteiger partial charge in [0.15, 0.2) is 0 Å². The van der Waals surface area contributed by atoms with Gasteiger partial charge >= 0.3 is 0 Å². The molecule has 0 atom stereocenters. The number of nitrogens with one attached hydrogen (secondary N) is 1. The molecular weight excluding hydrogens is 370 g/mol. The zero-order valence-corrected chi connectivity index (χ0v) is 17.0. The van der Waals surface area contributed by atoms with Crippen molar-refractivity contribution in [1.29, 1.82) is 0 Å². The summed E-state index contributed by atoms with van der Waals surface area (Å²) in [5, 5.41) is 0. The number of hydrogen-bond donors (Lipinski definition) is 1. The Morgan fingerprint density at radius 1 is 0.821 bits per heavy atom. The molecule has 2 aromatic rings. The average molecular weight is 398 g/mol. The van der Waals surface area contributed by atoms with Gasteiger partial charge in [-0.2, -0.15) is 0 Å². The van der Waals surface area contributed by atoms with Crippen LogP contribution in [-0.4, -0.2) is 15.5 Å². The molecule has 4 bridgehead atoms. The number of benzene rings is 2. The van der Waals surface area contributed by atoms with Crippen LogP contribution in [0.5, 0.6) is 5.75 Å². The van der Waals surface area contributed by atoms with Crippen molar-refractivity contribution in [2.75, 3.05) is 11.8 Å². The molecule has 4 saturated carbocycles. The molecule has 0 saturated heterocycles. The normalized spacial score (nSPS) is 31.0. The van der Waals surface area contributed by atoms with Crippen molar-refractivity contribution in [3.8, 4) is 5.75 Å². The van der Waals surface area contributed by atoms with Crippen molar-refractivity contribution in [3.63, 3.8) is 0 Å². The molecule has 148 valence electrons. The van der Waals surface area contributed by atoms with Gasteiger partial charge in [-0.1, -0.05) is 12.1 Å². The van der Waals surface area contributed by atoms with Gasteiger partial charge in [-0.05, 0) is 104 Å². The van der Waals surface area contributed by atoms with Crippen molar-refractivity contribution in [2.24, 2.45) is 23.7 Å². The zero-order chi connectivity index (χ0) is 19.3. The second-order valence-corrected chi connectivity index (χ2v) is 10.5. The van der Waals surface area contributed by atoms with Gasteiger partial charge in [-0.15, -0.1) is 0 Å². The van der Waals surface area contributed by atoms with E-state index in [1.54, 1.807) is 31.4 Å². The summed E-state index contributed by atoms with van der Waals surface area (Å²) in [6.45, 7) is 0. The van der Waals surface area contributed by atoms with Crippen LogP contribution in [0.4, 0.5) is 5.69 Å². The Bertz CT molecular complexity index is 922. The van der Waals surface area contributed by atoms with Crippen LogP contribution in [-0.2, 0) is 10.0 Å². The molecule has 0 amide bonds. The van der Waals surface area contributed by atoms with Crippen molar-refractivity contribution in [2.45, 2.75) is 42.9 Å². The monoisotopic (exact) mass is 397 g/mol. The molecule has 0 aliphatic heterocycles. The van der Waals surface area contributed by atoms with Gasteiger partial charge in [0, 0.05) is 5.69 Å². The molecule has 0 radical (unpaired) electrons. The summed E-state index contributed by atoms with van der Waals surface area (Å²) in [5.41, 5.74) is 2.00. The summed E-state index contributed by atoms with van der Waals surface area (Å²) in [4.78, 5) is 0.235. The summed E-state index contributed by atoms with van der Waals surface area (Å²) in [6, 6.07) is 14.5. The van der Waals surface area contributed by atoms with Crippen LogP contribution < -0.4 is 9.46 Å². The van der Waals surface area contributed by atoms with Crippen LogP contribution in [0.15, 0.2) is 53.4 Å². The van der Waals surface area contributed by atoms with E-state index in [0.29, 0.717) is 17.4 Å². The minimum Gasteiger partial charge on any atom is -0.497 e. The number of methoxy groups -OCH3 is 1. The van der Waals surface area contributed by atoms with E-state index in [-0.39, 0.29) is 4.90 Å². The quantitative estimate of drug-likeness (QED) is 0.769. The average Bonchev–Trinajstić information content (AvgIpc) is 2.68. The maximum absolute atomic E-state index is 12.6. The Kier molecular flexibility index (Phi) is 4.38. The first-order valence-corrected chi connectivity index (χ1v) is 11.8. The zero-order valence-electron chi connectivity index (χ0n) is 16.2. The highest BCUT2D eigenvalue weighted by atomic mass is 32.2. The van der Waals surface area contributed by atoms with Crippen LogP contribution in [0.25, 0.3) is 0 Å². The molecule has 4 nitrogen and oxygen atoms in total. The van der Waals surface area contributed by atoms with Crippen LogP contribution in [0.1, 0.15) is 43.6 Å². The Hall–Kier alpha value is -2.01. The molecule has 4 fully saturated rings. The third-order valence-electron chi connectivity index (χ3n) is 7.14.